The maximum absolute atomic E-state index is 4.33. The average Bonchev–Trinajstić information content (AvgIpc) is 2.83. The largest absolute Gasteiger partial charge is 0.307 e. The summed E-state index contributed by atoms with van der Waals surface area (Å²) < 4.78 is 3.96. The molecule has 3 rings (SSSR count). The third-order valence-corrected chi connectivity index (χ3v) is 4.20. The van der Waals surface area contributed by atoms with Gasteiger partial charge in [-0.05, 0) is 27.6 Å². The van der Waals surface area contributed by atoms with Gasteiger partial charge in [0, 0.05) is 23.8 Å². The molecule has 1 N–H and O–H groups in total. The summed E-state index contributed by atoms with van der Waals surface area (Å²) in [6, 6.07) is 8.21. The zero-order chi connectivity index (χ0) is 13.9. The molecule has 4 nitrogen and oxygen atoms in total. The van der Waals surface area contributed by atoms with Gasteiger partial charge in [-0.1, -0.05) is 34.1 Å². The summed E-state index contributed by atoms with van der Waals surface area (Å²) in [6.07, 6.45) is 5.55. The van der Waals surface area contributed by atoms with E-state index in [1.165, 1.54) is 5.56 Å². The topological polar surface area (TPSA) is 42.2 Å². The molecule has 0 bridgehead atoms. The van der Waals surface area contributed by atoms with Crippen molar-refractivity contribution < 1.29 is 0 Å². The van der Waals surface area contributed by atoms with Crippen LogP contribution in [0.4, 0.5) is 0 Å². The summed E-state index contributed by atoms with van der Waals surface area (Å²) in [5.74, 6) is 0. The second-order valence-electron chi connectivity index (χ2n) is 4.38. The van der Waals surface area contributed by atoms with Crippen molar-refractivity contribution in [1.29, 1.82) is 0 Å². The highest BCUT2D eigenvalue weighted by Gasteiger charge is 2.04. The van der Waals surface area contributed by atoms with Gasteiger partial charge in [0.05, 0.1) is 18.1 Å². The molecule has 0 spiro atoms. The molecular weight excluding hydrogens is 384 g/mol. The smallest absolute Gasteiger partial charge is 0.155 e. The van der Waals surface area contributed by atoms with Crippen molar-refractivity contribution >= 4 is 37.5 Å². The van der Waals surface area contributed by atoms with E-state index < -0.39 is 0 Å². The zero-order valence-electron chi connectivity index (χ0n) is 10.6. The standard InChI is InChI=1S/C14H12Br2N4/c15-12-4-2-1-3-10(12)5-17-6-11-7-19-14-8-18-13(16)9-20(11)14/h1-4,7-9,17H,5-6H2. The first-order chi connectivity index (χ1) is 9.74. The Morgan fingerprint density at radius 2 is 1.90 bits per heavy atom. The Labute approximate surface area is 133 Å². The van der Waals surface area contributed by atoms with Gasteiger partial charge in [-0.25, -0.2) is 9.97 Å². The third kappa shape index (κ3) is 2.92. The lowest BCUT2D eigenvalue weighted by molar-refractivity contribution is 0.673. The van der Waals surface area contributed by atoms with E-state index in [2.05, 4.69) is 53.2 Å². The van der Waals surface area contributed by atoms with Crippen LogP contribution in [0.2, 0.25) is 0 Å². The van der Waals surface area contributed by atoms with Crippen molar-refractivity contribution in [3.63, 3.8) is 0 Å². The second-order valence-corrected chi connectivity index (χ2v) is 6.05. The van der Waals surface area contributed by atoms with Crippen LogP contribution in [0, 0.1) is 0 Å². The van der Waals surface area contributed by atoms with Gasteiger partial charge < -0.3 is 5.32 Å². The minimum absolute atomic E-state index is 0.749. The maximum Gasteiger partial charge on any atom is 0.155 e. The number of imidazole rings is 1. The highest BCUT2D eigenvalue weighted by Crippen LogP contribution is 2.16. The van der Waals surface area contributed by atoms with Crippen LogP contribution in [0.1, 0.15) is 11.3 Å². The SMILES string of the molecule is Brc1cn2c(CNCc3ccccc3Br)cnc2cn1. The molecule has 0 aliphatic heterocycles. The van der Waals surface area contributed by atoms with Gasteiger partial charge in [0.15, 0.2) is 5.65 Å². The van der Waals surface area contributed by atoms with Crippen molar-refractivity contribution in [2.24, 2.45) is 0 Å². The molecule has 3 aromatic rings. The van der Waals surface area contributed by atoms with Gasteiger partial charge in [-0.3, -0.25) is 4.40 Å². The van der Waals surface area contributed by atoms with Gasteiger partial charge in [-0.2, -0.15) is 0 Å². The fourth-order valence-electron chi connectivity index (χ4n) is 2.01. The fraction of sp³-hybridized carbons (Fsp3) is 0.143. The molecule has 0 unspecified atom stereocenters. The van der Waals surface area contributed by atoms with Crippen LogP contribution in [0.5, 0.6) is 0 Å². The second kappa shape index (κ2) is 6.03. The van der Waals surface area contributed by atoms with E-state index in [-0.39, 0.29) is 0 Å². The lowest BCUT2D eigenvalue weighted by atomic mass is 10.2. The van der Waals surface area contributed by atoms with Crippen LogP contribution < -0.4 is 5.32 Å². The quantitative estimate of drug-likeness (QED) is 0.734. The Morgan fingerprint density at radius 3 is 2.75 bits per heavy atom. The maximum atomic E-state index is 4.33. The molecule has 0 fully saturated rings. The lowest BCUT2D eigenvalue weighted by Crippen LogP contribution is -2.14. The van der Waals surface area contributed by atoms with Crippen molar-refractivity contribution in [3.8, 4) is 0 Å². The number of aromatic nitrogens is 3. The van der Waals surface area contributed by atoms with Gasteiger partial charge in [0.1, 0.15) is 4.60 Å². The van der Waals surface area contributed by atoms with Crippen LogP contribution in [-0.4, -0.2) is 14.4 Å². The highest BCUT2D eigenvalue weighted by molar-refractivity contribution is 9.10. The van der Waals surface area contributed by atoms with Gasteiger partial charge >= 0.3 is 0 Å². The molecule has 102 valence electrons. The molecule has 0 aliphatic carbocycles. The third-order valence-electron chi connectivity index (χ3n) is 3.02. The number of nitrogens with one attached hydrogen (secondary N) is 1. The first-order valence-corrected chi connectivity index (χ1v) is 7.74. The Bertz CT molecular complexity index is 739. The van der Waals surface area contributed by atoms with Crippen LogP contribution in [0.3, 0.4) is 0 Å². The summed E-state index contributed by atoms with van der Waals surface area (Å²) in [5.41, 5.74) is 3.20. The molecule has 0 atom stereocenters. The van der Waals surface area contributed by atoms with Crippen molar-refractivity contribution in [3.05, 3.63) is 63.2 Å². The normalized spacial score (nSPS) is 11.1. The highest BCUT2D eigenvalue weighted by atomic mass is 79.9. The van der Waals surface area contributed by atoms with Crippen LogP contribution in [0.15, 0.2) is 51.9 Å². The number of rotatable bonds is 4. The van der Waals surface area contributed by atoms with Crippen LogP contribution in [0.25, 0.3) is 5.65 Å². The average molecular weight is 396 g/mol. The van der Waals surface area contributed by atoms with E-state index in [1.807, 2.05) is 35.0 Å². The summed E-state index contributed by atoms with van der Waals surface area (Å²) in [7, 11) is 0. The molecule has 0 radical (unpaired) electrons. The predicted molar refractivity (Wildman–Crippen MR) is 85.4 cm³/mol. The van der Waals surface area contributed by atoms with Gasteiger partial charge in [-0.15, -0.1) is 0 Å². The number of nitrogens with zero attached hydrogens (tertiary/aromatic N) is 3. The van der Waals surface area contributed by atoms with E-state index in [0.29, 0.717) is 0 Å². The summed E-state index contributed by atoms with van der Waals surface area (Å²) in [5, 5.41) is 3.43. The number of hydrogen-bond donors (Lipinski definition) is 1. The molecule has 2 aromatic heterocycles. The van der Waals surface area contributed by atoms with Gasteiger partial charge in [0.25, 0.3) is 0 Å². The number of halogens is 2. The molecule has 0 aliphatic rings. The monoisotopic (exact) mass is 394 g/mol. The van der Waals surface area contributed by atoms with E-state index in [9.17, 15) is 0 Å². The van der Waals surface area contributed by atoms with E-state index in [1.54, 1.807) is 6.20 Å². The van der Waals surface area contributed by atoms with Crippen molar-refractivity contribution in [2.75, 3.05) is 0 Å². The minimum atomic E-state index is 0.749. The molecule has 1 aromatic carbocycles. The van der Waals surface area contributed by atoms with E-state index in [0.717, 1.165) is 33.5 Å². The van der Waals surface area contributed by atoms with Crippen LogP contribution in [-0.2, 0) is 13.1 Å². The molecule has 0 amide bonds. The fourth-order valence-corrected chi connectivity index (χ4v) is 2.75. The first kappa shape index (κ1) is 13.7. The Morgan fingerprint density at radius 1 is 1.05 bits per heavy atom. The first-order valence-electron chi connectivity index (χ1n) is 6.15. The van der Waals surface area contributed by atoms with E-state index in [4.69, 9.17) is 0 Å². The molecule has 6 heteroatoms. The Balaban J connectivity index is 1.71. The van der Waals surface area contributed by atoms with Crippen molar-refractivity contribution in [1.82, 2.24) is 19.7 Å². The Kier molecular flexibility index (Phi) is 4.14. The lowest BCUT2D eigenvalue weighted by Gasteiger charge is -2.07. The van der Waals surface area contributed by atoms with Crippen LogP contribution >= 0.6 is 31.9 Å². The van der Waals surface area contributed by atoms with Crippen molar-refractivity contribution in [2.45, 2.75) is 13.1 Å². The Hall–Kier alpha value is -1.24. The molecule has 20 heavy (non-hydrogen) atoms. The summed E-state index contributed by atoms with van der Waals surface area (Å²) >= 11 is 6.93. The molecule has 0 saturated heterocycles. The number of hydrogen-bond acceptors (Lipinski definition) is 3. The number of benzene rings is 1. The number of fused-ring (bicyclic) bond motifs is 1. The zero-order valence-corrected chi connectivity index (χ0v) is 13.7. The minimum Gasteiger partial charge on any atom is -0.307 e. The van der Waals surface area contributed by atoms with Gasteiger partial charge in [0.2, 0.25) is 0 Å². The summed E-state index contributed by atoms with van der Waals surface area (Å²) in [4.78, 5) is 8.50. The van der Waals surface area contributed by atoms with E-state index >= 15 is 0 Å². The molecule has 0 saturated carbocycles. The predicted octanol–water partition coefficient (Wildman–Crippen LogP) is 3.54. The molecular formula is C14H12Br2N4. The molecule has 2 heterocycles. The summed E-state index contributed by atoms with van der Waals surface area (Å²) in [6.45, 7) is 1.56.